The number of rotatable bonds is 16. The Morgan fingerprint density at radius 2 is 0.956 bits per heavy atom. The predicted octanol–water partition coefficient (Wildman–Crippen LogP) is 1.99. The molecule has 0 unspecified atom stereocenters. The maximum absolute atomic E-state index is 13.5. The fraction of sp³-hybridized carbons (Fsp3) is 0.900. The summed E-state index contributed by atoms with van der Waals surface area (Å²) in [5, 5.41) is 35.8. The topological polar surface area (TPSA) is 144 Å². The SMILES string of the molecule is CCO.O=C([O-])CCC(=O)OCCC(F)(F)C(F)(F)C(F)(F)C(F)(F)C(F)(F)C(F)(F)C(F)(F)C(F)(F)F.OCC[NH2+]CCO. The number of carboxylic acids is 1. The van der Waals surface area contributed by atoms with Crippen LogP contribution in [0.15, 0.2) is 0 Å². The molecule has 25 heteroatoms. The summed E-state index contributed by atoms with van der Waals surface area (Å²) in [6.45, 7) is 1.58. The van der Waals surface area contributed by atoms with Crippen molar-refractivity contribution in [3.8, 4) is 0 Å². The third kappa shape index (κ3) is 11.1. The molecule has 0 amide bonds. The van der Waals surface area contributed by atoms with E-state index in [9.17, 15) is 89.3 Å². The summed E-state index contributed by atoms with van der Waals surface area (Å²) in [5.74, 6) is -61.0. The molecule has 45 heavy (non-hydrogen) atoms. The van der Waals surface area contributed by atoms with Crippen LogP contribution in [-0.2, 0) is 14.3 Å². The number of esters is 1. The summed E-state index contributed by atoms with van der Waals surface area (Å²) in [6, 6.07) is 0. The van der Waals surface area contributed by atoms with Gasteiger partial charge in [0.25, 0.3) is 0 Å². The molecule has 0 heterocycles. The number of nitrogens with two attached hydrogens (primary N) is 1. The molecule has 0 atom stereocenters. The number of alkyl halides is 17. The van der Waals surface area contributed by atoms with Crippen molar-refractivity contribution in [2.24, 2.45) is 0 Å². The highest BCUT2D eigenvalue weighted by atomic mass is 19.4. The van der Waals surface area contributed by atoms with E-state index in [-0.39, 0.29) is 19.8 Å². The molecule has 0 spiro atoms. The van der Waals surface area contributed by atoms with Crippen LogP contribution >= 0.6 is 0 Å². The Morgan fingerprint density at radius 3 is 1.27 bits per heavy atom. The van der Waals surface area contributed by atoms with E-state index in [0.29, 0.717) is 13.1 Å². The number of carbonyl (C=O) groups excluding carboxylic acids is 2. The fourth-order valence-corrected chi connectivity index (χ4v) is 2.25. The number of ether oxygens (including phenoxy) is 1. The molecule has 0 aliphatic heterocycles. The van der Waals surface area contributed by atoms with Crippen LogP contribution in [0.3, 0.4) is 0 Å². The molecule has 0 aromatic rings. The maximum Gasteiger partial charge on any atom is 0.460 e. The molecule has 0 aromatic carbocycles. The van der Waals surface area contributed by atoms with Crippen LogP contribution in [0.1, 0.15) is 26.2 Å². The lowest BCUT2D eigenvalue weighted by Gasteiger charge is -2.42. The number of halogens is 17. The van der Waals surface area contributed by atoms with Crippen molar-refractivity contribution in [3.63, 3.8) is 0 Å². The first kappa shape index (κ1) is 47.0. The van der Waals surface area contributed by atoms with Gasteiger partial charge in [0.2, 0.25) is 0 Å². The van der Waals surface area contributed by atoms with Gasteiger partial charge in [0.15, 0.2) is 0 Å². The van der Waals surface area contributed by atoms with Crippen molar-refractivity contribution in [2.45, 2.75) is 73.8 Å². The van der Waals surface area contributed by atoms with Gasteiger partial charge < -0.3 is 35.3 Å². The molecule has 0 fully saturated rings. The molecule has 5 N–H and O–H groups in total. The molecule has 0 rings (SSSR count). The van der Waals surface area contributed by atoms with Crippen molar-refractivity contribution in [3.05, 3.63) is 0 Å². The van der Waals surface area contributed by atoms with E-state index in [4.69, 9.17) is 15.3 Å². The Hall–Kier alpha value is -2.41. The van der Waals surface area contributed by atoms with Gasteiger partial charge in [-0.1, -0.05) is 0 Å². The third-order valence-corrected chi connectivity index (χ3v) is 4.67. The number of hydrogen-bond donors (Lipinski definition) is 4. The van der Waals surface area contributed by atoms with Crippen LogP contribution in [0, 0.1) is 0 Å². The first-order valence-corrected chi connectivity index (χ1v) is 11.6. The van der Waals surface area contributed by atoms with Crippen molar-refractivity contribution in [1.29, 1.82) is 0 Å². The van der Waals surface area contributed by atoms with Crippen LogP contribution in [0.2, 0.25) is 0 Å². The standard InChI is InChI=1S/C14H9F17O4.C4H11NO2.C2H6O/c15-7(16,3-4-35-6(34)2-1-5(32)33)8(17,18)9(19,20)10(21,22)11(23,24)12(25,26)13(27,28)14(29,30)31;6-3-1-5-2-4-7;1-2-3/h1-4H2,(H,32,33);5-7H,1-4H2;3H,2H2,1H3. The first-order chi connectivity index (χ1) is 19.9. The number of aliphatic hydroxyl groups is 3. The number of aliphatic carboxylic acids is 1. The maximum atomic E-state index is 13.5. The average Bonchev–Trinajstić information content (AvgIpc) is 2.87. The Balaban J connectivity index is -0.00000151. The Labute approximate surface area is 241 Å². The fourth-order valence-electron chi connectivity index (χ4n) is 2.25. The highest BCUT2D eigenvalue weighted by molar-refractivity contribution is 5.75. The summed E-state index contributed by atoms with van der Waals surface area (Å²) >= 11 is 0. The summed E-state index contributed by atoms with van der Waals surface area (Å²) in [6.07, 6.45) is -13.1. The lowest BCUT2D eigenvalue weighted by atomic mass is 9.88. The van der Waals surface area contributed by atoms with Gasteiger partial charge in [-0.05, 0) is 13.3 Å². The van der Waals surface area contributed by atoms with Crippen molar-refractivity contribution in [1.82, 2.24) is 0 Å². The van der Waals surface area contributed by atoms with Gasteiger partial charge in [0, 0.05) is 12.6 Å². The molecule has 0 bridgehead atoms. The highest BCUT2D eigenvalue weighted by Crippen LogP contribution is 2.64. The van der Waals surface area contributed by atoms with Gasteiger partial charge in [0.1, 0.15) is 0 Å². The van der Waals surface area contributed by atoms with Gasteiger partial charge in [0.05, 0.1) is 45.8 Å². The largest absolute Gasteiger partial charge is 0.550 e. The minimum absolute atomic E-state index is 0.194. The van der Waals surface area contributed by atoms with Crippen LogP contribution in [-0.4, -0.2) is 114 Å². The number of carbonyl (C=O) groups is 2. The van der Waals surface area contributed by atoms with E-state index < -0.39 is 85.4 Å². The van der Waals surface area contributed by atoms with Gasteiger partial charge in [-0.25, -0.2) is 0 Å². The third-order valence-electron chi connectivity index (χ3n) is 4.67. The van der Waals surface area contributed by atoms with Crippen LogP contribution in [0.5, 0.6) is 0 Å². The Bertz CT molecular complexity index is 895. The quantitative estimate of drug-likeness (QED) is 0.109. The lowest BCUT2D eigenvalue weighted by Crippen LogP contribution is -2.85. The van der Waals surface area contributed by atoms with E-state index in [1.165, 1.54) is 0 Å². The molecule has 0 saturated carbocycles. The van der Waals surface area contributed by atoms with Gasteiger partial charge in [-0.2, -0.15) is 74.6 Å². The molecular formula is C20H26F17NO7. The predicted molar refractivity (Wildman–Crippen MR) is 109 cm³/mol. The first-order valence-electron chi connectivity index (χ1n) is 11.6. The number of hydrogen-bond acceptors (Lipinski definition) is 7. The van der Waals surface area contributed by atoms with E-state index in [0.717, 1.165) is 0 Å². The zero-order chi connectivity index (χ0) is 36.9. The molecule has 8 nitrogen and oxygen atoms in total. The molecular weight excluding hydrogens is 689 g/mol. The highest BCUT2D eigenvalue weighted by Gasteiger charge is 2.95. The minimum atomic E-state index is -8.72. The molecule has 0 aliphatic rings. The Morgan fingerprint density at radius 1 is 0.622 bits per heavy atom. The van der Waals surface area contributed by atoms with Gasteiger partial charge in [-0.15, -0.1) is 0 Å². The van der Waals surface area contributed by atoms with Crippen molar-refractivity contribution in [2.75, 3.05) is 39.5 Å². The number of quaternary nitrogens is 1. The van der Waals surface area contributed by atoms with E-state index >= 15 is 0 Å². The zero-order valence-electron chi connectivity index (χ0n) is 22.3. The van der Waals surface area contributed by atoms with Gasteiger partial charge >= 0.3 is 53.6 Å². The van der Waals surface area contributed by atoms with Gasteiger partial charge in [-0.3, -0.25) is 4.79 Å². The number of carboxylic acid groups (broad SMARTS) is 1. The molecule has 0 radical (unpaired) electrons. The zero-order valence-corrected chi connectivity index (χ0v) is 22.3. The smallest absolute Gasteiger partial charge is 0.460 e. The summed E-state index contributed by atoms with van der Waals surface area (Å²) in [7, 11) is 0. The van der Waals surface area contributed by atoms with E-state index in [2.05, 4.69) is 4.74 Å². The van der Waals surface area contributed by atoms with E-state index in [1.54, 1.807) is 6.92 Å². The second kappa shape index (κ2) is 17.5. The summed E-state index contributed by atoms with van der Waals surface area (Å²) in [4.78, 5) is 20.9. The molecule has 0 saturated heterocycles. The van der Waals surface area contributed by atoms with Crippen molar-refractivity contribution < 1.29 is 115 Å². The van der Waals surface area contributed by atoms with Crippen LogP contribution in [0.4, 0.5) is 74.6 Å². The summed E-state index contributed by atoms with van der Waals surface area (Å²) < 4.78 is 225. The second-order valence-electron chi connectivity index (χ2n) is 8.12. The monoisotopic (exact) mass is 715 g/mol. The number of aliphatic hydroxyl groups excluding tert-OH is 3. The molecule has 0 aliphatic carbocycles. The minimum Gasteiger partial charge on any atom is -0.550 e. The van der Waals surface area contributed by atoms with Crippen LogP contribution in [0.25, 0.3) is 0 Å². The van der Waals surface area contributed by atoms with Crippen LogP contribution < -0.4 is 10.4 Å². The second-order valence-corrected chi connectivity index (χ2v) is 8.12. The van der Waals surface area contributed by atoms with E-state index in [1.807, 2.05) is 5.32 Å². The molecule has 0 aromatic heterocycles. The van der Waals surface area contributed by atoms with Crippen molar-refractivity contribution >= 4 is 11.9 Å². The lowest BCUT2D eigenvalue weighted by molar-refractivity contribution is -0.657. The average molecular weight is 715 g/mol. The normalized spacial score (nSPS) is 13.7. The molecule has 272 valence electrons. The summed E-state index contributed by atoms with van der Waals surface area (Å²) in [5.41, 5.74) is 0. The Kier molecular flexibility index (Phi) is 18.3.